The summed E-state index contributed by atoms with van der Waals surface area (Å²) in [5.41, 5.74) is 5.17. The van der Waals surface area contributed by atoms with Crippen molar-refractivity contribution in [2.75, 3.05) is 11.9 Å². The molecule has 0 fully saturated rings. The van der Waals surface area contributed by atoms with Crippen LogP contribution in [0.3, 0.4) is 0 Å². The lowest BCUT2D eigenvalue weighted by molar-refractivity contribution is -0.114. The highest BCUT2D eigenvalue weighted by atomic mass is 16.7. The molecule has 0 aromatic heterocycles. The molecule has 0 unspecified atom stereocenters. The molecule has 30 heavy (non-hydrogen) atoms. The lowest BCUT2D eigenvalue weighted by Gasteiger charge is -2.11. The summed E-state index contributed by atoms with van der Waals surface area (Å²) in [6.45, 7) is 9.19. The number of hydrogen-bond donors (Lipinski definition) is 3. The number of rotatable bonds is 7. The van der Waals surface area contributed by atoms with Crippen LogP contribution in [0.2, 0.25) is 0 Å². The summed E-state index contributed by atoms with van der Waals surface area (Å²) in [6, 6.07) is 4.78. The van der Waals surface area contributed by atoms with E-state index < -0.39 is 12.1 Å². The van der Waals surface area contributed by atoms with Crippen molar-refractivity contribution in [3.05, 3.63) is 34.9 Å². The molecule has 0 radical (unpaired) electrons. The average molecular weight is 416 g/mol. The van der Waals surface area contributed by atoms with Crippen LogP contribution >= 0.6 is 0 Å². The monoisotopic (exact) mass is 416 g/mol. The van der Waals surface area contributed by atoms with Crippen LogP contribution in [0.25, 0.3) is 11.1 Å². The second-order valence-electron chi connectivity index (χ2n) is 7.43. The SMILES string of the molecule is CCOC(=O)Oc1c2ccc(C(=O)NO)cc(C)c-2c(CCC(C)C)c1NC(C)=O. The van der Waals surface area contributed by atoms with Crippen LogP contribution in [0.4, 0.5) is 10.5 Å². The van der Waals surface area contributed by atoms with Gasteiger partial charge in [0.25, 0.3) is 5.91 Å². The first-order chi connectivity index (χ1) is 14.2. The van der Waals surface area contributed by atoms with Gasteiger partial charge in [-0.3, -0.25) is 14.8 Å². The second kappa shape index (κ2) is 10.1. The van der Waals surface area contributed by atoms with Crippen molar-refractivity contribution < 1.29 is 29.1 Å². The van der Waals surface area contributed by atoms with E-state index in [-0.39, 0.29) is 23.8 Å². The van der Waals surface area contributed by atoms with E-state index in [1.807, 2.05) is 6.92 Å². The van der Waals surface area contributed by atoms with Crippen molar-refractivity contribution in [3.8, 4) is 16.9 Å². The summed E-state index contributed by atoms with van der Waals surface area (Å²) in [5, 5.41) is 11.8. The van der Waals surface area contributed by atoms with Crippen LogP contribution in [0.5, 0.6) is 5.75 Å². The number of hydrogen-bond acceptors (Lipinski definition) is 6. The Morgan fingerprint density at radius 1 is 1.20 bits per heavy atom. The van der Waals surface area contributed by atoms with Crippen LogP contribution in [-0.2, 0) is 16.0 Å². The van der Waals surface area contributed by atoms with Gasteiger partial charge < -0.3 is 14.8 Å². The minimum Gasteiger partial charge on any atom is -0.434 e. The van der Waals surface area contributed by atoms with Gasteiger partial charge >= 0.3 is 6.16 Å². The van der Waals surface area contributed by atoms with E-state index in [2.05, 4.69) is 19.2 Å². The van der Waals surface area contributed by atoms with E-state index in [9.17, 15) is 14.4 Å². The molecule has 0 saturated carbocycles. The molecule has 0 heterocycles. The van der Waals surface area contributed by atoms with E-state index >= 15 is 0 Å². The minimum atomic E-state index is -0.885. The van der Waals surface area contributed by atoms with Gasteiger partial charge in [-0.15, -0.1) is 0 Å². The Balaban J connectivity index is 2.79. The molecule has 0 spiro atoms. The van der Waals surface area contributed by atoms with Gasteiger partial charge in [0.1, 0.15) is 0 Å². The zero-order chi connectivity index (χ0) is 22.4. The topological polar surface area (TPSA) is 114 Å². The Morgan fingerprint density at radius 3 is 2.47 bits per heavy atom. The third kappa shape index (κ3) is 5.27. The summed E-state index contributed by atoms with van der Waals surface area (Å²) in [5.74, 6) is -0.378. The van der Waals surface area contributed by atoms with Crippen LogP contribution in [0.1, 0.15) is 55.6 Å². The Labute approximate surface area is 175 Å². The zero-order valence-corrected chi connectivity index (χ0v) is 17.9. The Hall–Kier alpha value is -3.13. The van der Waals surface area contributed by atoms with Crippen molar-refractivity contribution in [1.29, 1.82) is 0 Å². The molecule has 3 N–H and O–H groups in total. The van der Waals surface area contributed by atoms with Gasteiger partial charge in [-0.2, -0.15) is 0 Å². The maximum absolute atomic E-state index is 12.1. The largest absolute Gasteiger partial charge is 0.513 e. The molecule has 2 amide bonds. The smallest absolute Gasteiger partial charge is 0.434 e. The molecule has 0 aromatic rings. The fourth-order valence-electron chi connectivity index (χ4n) is 3.34. The standard InChI is InChI=1S/C22H28N2O6/c1-6-29-22(27)30-20-17-10-8-15(21(26)24-28)11-13(4)18(17)16(9-7-12(2)3)19(20)23-14(5)25/h8,10-12,28H,6-7,9H2,1-5H3,(H,23,25)(H,24,26). The van der Waals surface area contributed by atoms with Crippen LogP contribution < -0.4 is 15.5 Å². The highest BCUT2D eigenvalue weighted by Crippen LogP contribution is 2.48. The fraction of sp³-hybridized carbons (Fsp3) is 0.409. The normalized spacial score (nSPS) is 10.8. The third-order valence-electron chi connectivity index (χ3n) is 4.62. The van der Waals surface area contributed by atoms with Gasteiger partial charge in [-0.25, -0.2) is 10.3 Å². The quantitative estimate of drug-likeness (QED) is 0.352. The Kier molecular flexibility index (Phi) is 7.77. The van der Waals surface area contributed by atoms with Gasteiger partial charge in [0, 0.05) is 18.1 Å². The third-order valence-corrected chi connectivity index (χ3v) is 4.62. The van der Waals surface area contributed by atoms with Gasteiger partial charge in [-0.1, -0.05) is 13.8 Å². The molecule has 2 rings (SSSR count). The second-order valence-corrected chi connectivity index (χ2v) is 7.43. The molecule has 0 atom stereocenters. The van der Waals surface area contributed by atoms with Crippen molar-refractivity contribution in [2.24, 2.45) is 5.92 Å². The van der Waals surface area contributed by atoms with Crippen molar-refractivity contribution >= 4 is 23.7 Å². The van der Waals surface area contributed by atoms with Crippen LogP contribution in [0, 0.1) is 12.8 Å². The number of carbonyl (C=O) groups is 3. The summed E-state index contributed by atoms with van der Waals surface area (Å²) in [4.78, 5) is 36.0. The minimum absolute atomic E-state index is 0.140. The predicted octanol–water partition coefficient (Wildman–Crippen LogP) is 4.30. The average Bonchev–Trinajstić information content (AvgIpc) is 2.82. The molecule has 0 bridgehead atoms. The number of anilines is 1. The van der Waals surface area contributed by atoms with Gasteiger partial charge in [0.05, 0.1) is 12.3 Å². The summed E-state index contributed by atoms with van der Waals surface area (Å²) in [7, 11) is 0. The number of fused-ring (bicyclic) bond motifs is 1. The molecule has 0 aliphatic heterocycles. The molecular formula is C22H28N2O6. The predicted molar refractivity (Wildman–Crippen MR) is 112 cm³/mol. The first-order valence-electron chi connectivity index (χ1n) is 9.85. The Morgan fingerprint density at radius 2 is 1.90 bits per heavy atom. The number of hydroxylamine groups is 1. The Bertz CT molecular complexity index is 922. The molecular weight excluding hydrogens is 388 g/mol. The zero-order valence-electron chi connectivity index (χ0n) is 17.9. The molecule has 162 valence electrons. The van der Waals surface area contributed by atoms with Crippen molar-refractivity contribution in [1.82, 2.24) is 5.48 Å². The van der Waals surface area contributed by atoms with Gasteiger partial charge in [0.2, 0.25) is 5.91 Å². The van der Waals surface area contributed by atoms with E-state index in [4.69, 9.17) is 14.7 Å². The molecule has 2 aliphatic rings. The number of aryl methyl sites for hydroxylation is 1. The number of nitrogens with one attached hydrogen (secondary N) is 2. The van der Waals surface area contributed by atoms with Gasteiger partial charge in [-0.05, 0) is 67.5 Å². The summed E-state index contributed by atoms with van der Waals surface area (Å²) >= 11 is 0. The first-order valence-corrected chi connectivity index (χ1v) is 9.85. The van der Waals surface area contributed by atoms with E-state index in [0.29, 0.717) is 23.6 Å². The molecule has 0 saturated heterocycles. The van der Waals surface area contributed by atoms with E-state index in [1.54, 1.807) is 24.5 Å². The highest BCUT2D eigenvalue weighted by molar-refractivity contribution is 6.01. The summed E-state index contributed by atoms with van der Waals surface area (Å²) < 4.78 is 10.4. The van der Waals surface area contributed by atoms with Crippen molar-refractivity contribution in [2.45, 2.75) is 47.5 Å². The number of ether oxygens (including phenoxy) is 2. The number of carbonyl (C=O) groups excluding carboxylic acids is 3. The van der Waals surface area contributed by atoms with Crippen LogP contribution in [-0.4, -0.2) is 29.8 Å². The maximum atomic E-state index is 12.1. The van der Waals surface area contributed by atoms with E-state index in [0.717, 1.165) is 23.1 Å². The van der Waals surface area contributed by atoms with E-state index in [1.165, 1.54) is 13.0 Å². The highest BCUT2D eigenvalue weighted by Gasteiger charge is 2.28. The summed E-state index contributed by atoms with van der Waals surface area (Å²) in [6.07, 6.45) is 0.582. The fourth-order valence-corrected chi connectivity index (χ4v) is 3.34. The van der Waals surface area contributed by atoms with Crippen LogP contribution in [0.15, 0.2) is 18.2 Å². The molecule has 8 nitrogen and oxygen atoms in total. The van der Waals surface area contributed by atoms with Gasteiger partial charge in [0.15, 0.2) is 5.75 Å². The lowest BCUT2D eigenvalue weighted by atomic mass is 9.97. The molecule has 0 aromatic carbocycles. The lowest BCUT2D eigenvalue weighted by Crippen LogP contribution is -2.18. The molecule has 8 heteroatoms. The number of amides is 2. The van der Waals surface area contributed by atoms with Crippen molar-refractivity contribution in [3.63, 3.8) is 0 Å². The first kappa shape index (κ1) is 23.2. The molecule has 2 aliphatic carbocycles. The maximum Gasteiger partial charge on any atom is 0.513 e.